The first-order chi connectivity index (χ1) is 11.8. The van der Waals surface area contributed by atoms with E-state index in [-0.39, 0.29) is 41.4 Å². The lowest BCUT2D eigenvalue weighted by Crippen LogP contribution is -2.42. The third kappa shape index (κ3) is 2.55. The number of ether oxygens (including phenoxy) is 2. The van der Waals surface area contributed by atoms with Crippen LogP contribution in [0.3, 0.4) is 0 Å². The van der Waals surface area contributed by atoms with Crippen LogP contribution in [0, 0.1) is 35.0 Å². The van der Waals surface area contributed by atoms with Crippen LogP contribution >= 0.6 is 0 Å². The number of carbonyl (C=O) groups excluding carboxylic acids is 2. The van der Waals surface area contributed by atoms with Gasteiger partial charge in [-0.3, -0.25) is 9.59 Å². The number of cyclic esters (lactones) is 1. The fraction of sp³-hybridized carbons (Fsp3) is 0.810. The lowest BCUT2D eigenvalue weighted by Gasteiger charge is -2.45. The summed E-state index contributed by atoms with van der Waals surface area (Å²) in [6.45, 7) is 8.69. The maximum Gasteiger partial charge on any atom is 0.309 e. The van der Waals surface area contributed by atoms with E-state index >= 15 is 0 Å². The molecule has 2 heterocycles. The largest absolute Gasteiger partial charge is 0.462 e. The molecule has 0 amide bonds. The molecule has 2 saturated heterocycles. The third-order valence-electron chi connectivity index (χ3n) is 7.96. The Morgan fingerprint density at radius 1 is 1.16 bits per heavy atom. The average Bonchev–Trinajstić information content (AvgIpc) is 3.17. The molecule has 0 aromatic carbocycles. The third-order valence-corrected chi connectivity index (χ3v) is 7.96. The molecule has 4 fully saturated rings. The number of carbonyl (C=O) groups is 2. The minimum absolute atomic E-state index is 0.00403. The molecular weight excluding hydrogens is 316 g/mol. The fourth-order valence-electron chi connectivity index (χ4n) is 6.24. The van der Waals surface area contributed by atoms with Gasteiger partial charge >= 0.3 is 11.9 Å². The van der Waals surface area contributed by atoms with Crippen LogP contribution in [0.15, 0.2) is 11.6 Å². The van der Waals surface area contributed by atoms with E-state index in [1.54, 1.807) is 0 Å². The van der Waals surface area contributed by atoms with Crippen molar-refractivity contribution in [3.63, 3.8) is 0 Å². The first kappa shape index (κ1) is 17.1. The van der Waals surface area contributed by atoms with Gasteiger partial charge in [-0.1, -0.05) is 26.3 Å². The van der Waals surface area contributed by atoms with Crippen LogP contribution in [0.5, 0.6) is 0 Å². The minimum Gasteiger partial charge on any atom is -0.462 e. The summed E-state index contributed by atoms with van der Waals surface area (Å²) in [7, 11) is 0. The summed E-state index contributed by atoms with van der Waals surface area (Å²) in [6.07, 6.45) is 7.37. The molecule has 0 N–H and O–H groups in total. The van der Waals surface area contributed by atoms with Crippen molar-refractivity contribution in [3.05, 3.63) is 11.6 Å². The van der Waals surface area contributed by atoms with Gasteiger partial charge in [0.25, 0.3) is 0 Å². The molecule has 0 radical (unpaired) electrons. The lowest BCUT2D eigenvalue weighted by molar-refractivity contribution is -0.143. The molecule has 25 heavy (non-hydrogen) atoms. The molecular formula is C21H30O4. The number of esters is 2. The Labute approximate surface area is 150 Å². The first-order valence-electron chi connectivity index (χ1n) is 9.89. The molecule has 4 rings (SSSR count). The molecule has 0 aromatic rings. The predicted molar refractivity (Wildman–Crippen MR) is 93.5 cm³/mol. The van der Waals surface area contributed by atoms with Crippen molar-refractivity contribution in [3.8, 4) is 0 Å². The summed E-state index contributed by atoms with van der Waals surface area (Å²) in [4.78, 5) is 23.6. The van der Waals surface area contributed by atoms with Gasteiger partial charge in [-0.05, 0) is 55.9 Å². The molecule has 0 unspecified atom stereocenters. The molecule has 2 saturated carbocycles. The maximum atomic E-state index is 11.8. The Balaban J connectivity index is 1.55. The molecule has 138 valence electrons. The highest BCUT2D eigenvalue weighted by atomic mass is 16.6. The van der Waals surface area contributed by atoms with Gasteiger partial charge in [0, 0.05) is 11.8 Å². The van der Waals surface area contributed by atoms with Gasteiger partial charge in [-0.15, -0.1) is 0 Å². The van der Waals surface area contributed by atoms with Crippen molar-refractivity contribution in [1.82, 2.24) is 0 Å². The summed E-state index contributed by atoms with van der Waals surface area (Å²) < 4.78 is 11.1. The lowest BCUT2D eigenvalue weighted by atomic mass is 9.59. The summed E-state index contributed by atoms with van der Waals surface area (Å²) >= 11 is 0. The summed E-state index contributed by atoms with van der Waals surface area (Å²) in [6, 6.07) is 0. The Morgan fingerprint density at radius 3 is 2.60 bits per heavy atom. The zero-order valence-electron chi connectivity index (χ0n) is 15.8. The normalized spacial score (nSPS) is 49.6. The molecule has 0 aromatic heterocycles. The van der Waals surface area contributed by atoms with Gasteiger partial charge in [0.1, 0.15) is 12.2 Å². The quantitative estimate of drug-likeness (QED) is 0.562. The van der Waals surface area contributed by atoms with E-state index in [9.17, 15) is 9.59 Å². The highest BCUT2D eigenvalue weighted by molar-refractivity contribution is 5.75. The second-order valence-electron chi connectivity index (χ2n) is 9.14. The van der Waals surface area contributed by atoms with Crippen molar-refractivity contribution < 1.29 is 19.1 Å². The number of rotatable bonds is 2. The Bertz CT molecular complexity index is 623. The molecule has 2 aliphatic carbocycles. The smallest absolute Gasteiger partial charge is 0.309 e. The Hall–Kier alpha value is -1.32. The van der Waals surface area contributed by atoms with Crippen molar-refractivity contribution in [2.45, 2.75) is 72.0 Å². The van der Waals surface area contributed by atoms with Crippen molar-refractivity contribution >= 4 is 11.9 Å². The zero-order chi connectivity index (χ0) is 17.9. The topological polar surface area (TPSA) is 52.6 Å². The number of allylic oxidation sites excluding steroid dienone is 1. The van der Waals surface area contributed by atoms with Crippen LogP contribution in [0.2, 0.25) is 0 Å². The molecule has 0 spiro atoms. The van der Waals surface area contributed by atoms with Crippen LogP contribution in [0.1, 0.15) is 59.8 Å². The number of fused-ring (bicyclic) bond motifs is 3. The van der Waals surface area contributed by atoms with Crippen LogP contribution in [-0.2, 0) is 19.1 Å². The summed E-state index contributed by atoms with van der Waals surface area (Å²) in [5, 5.41) is 0. The van der Waals surface area contributed by atoms with Gasteiger partial charge in [0.2, 0.25) is 0 Å². The van der Waals surface area contributed by atoms with E-state index in [1.165, 1.54) is 18.4 Å². The molecule has 2 aliphatic heterocycles. The van der Waals surface area contributed by atoms with E-state index in [0.717, 1.165) is 12.8 Å². The monoisotopic (exact) mass is 346 g/mol. The standard InChI is InChI=1S/C21H30O4/c1-11(9-18-12(2)13(3)20(23)25-18)15-5-6-16-14-10-19(22)24-17(14)7-8-21(15,16)4/h9,12-18H,5-8,10H2,1-4H3/b11-9+/t12-,13+,14-,15+,16-,17+,18+,21+/m0/s1. The molecule has 4 aliphatic rings. The second-order valence-corrected chi connectivity index (χ2v) is 9.14. The van der Waals surface area contributed by atoms with Gasteiger partial charge in [0.15, 0.2) is 0 Å². The second kappa shape index (κ2) is 5.85. The van der Waals surface area contributed by atoms with Crippen molar-refractivity contribution in [2.75, 3.05) is 0 Å². The highest BCUT2D eigenvalue weighted by Crippen LogP contribution is 2.61. The average molecular weight is 346 g/mol. The predicted octanol–water partition coefficient (Wildman–Crippen LogP) is 3.89. The molecule has 0 bridgehead atoms. The van der Waals surface area contributed by atoms with E-state index in [0.29, 0.717) is 24.2 Å². The van der Waals surface area contributed by atoms with E-state index in [4.69, 9.17) is 9.47 Å². The van der Waals surface area contributed by atoms with E-state index in [2.05, 4.69) is 26.8 Å². The van der Waals surface area contributed by atoms with Gasteiger partial charge in [0.05, 0.1) is 12.3 Å². The molecule has 8 atom stereocenters. The number of hydrogen-bond donors (Lipinski definition) is 0. The van der Waals surface area contributed by atoms with Crippen molar-refractivity contribution in [1.29, 1.82) is 0 Å². The molecule has 4 heteroatoms. The number of hydrogen-bond acceptors (Lipinski definition) is 4. The van der Waals surface area contributed by atoms with Crippen LogP contribution in [-0.4, -0.2) is 24.1 Å². The summed E-state index contributed by atoms with van der Waals surface area (Å²) in [5.41, 5.74) is 1.61. The Kier molecular flexibility index (Phi) is 4.01. The van der Waals surface area contributed by atoms with E-state index in [1.807, 2.05) is 6.92 Å². The maximum absolute atomic E-state index is 11.8. The first-order valence-corrected chi connectivity index (χ1v) is 9.89. The highest BCUT2D eigenvalue weighted by Gasteiger charge is 2.57. The van der Waals surface area contributed by atoms with E-state index < -0.39 is 0 Å². The fourth-order valence-corrected chi connectivity index (χ4v) is 6.24. The zero-order valence-corrected chi connectivity index (χ0v) is 15.8. The minimum atomic E-state index is -0.0853. The van der Waals surface area contributed by atoms with Crippen LogP contribution < -0.4 is 0 Å². The SMILES string of the molecule is C/C(=C\[C@H]1OC(=O)[C@H](C)[C@@H]1C)[C@H]1CC[C@H]2[C@@H]3CC(=O)O[C@@H]3CC[C@]12C. The van der Waals surface area contributed by atoms with Gasteiger partial charge < -0.3 is 9.47 Å². The van der Waals surface area contributed by atoms with Crippen molar-refractivity contribution in [2.24, 2.45) is 35.0 Å². The van der Waals surface area contributed by atoms with Gasteiger partial charge in [-0.2, -0.15) is 0 Å². The summed E-state index contributed by atoms with van der Waals surface area (Å²) in [5.74, 6) is 1.66. The van der Waals surface area contributed by atoms with Crippen LogP contribution in [0.25, 0.3) is 0 Å². The van der Waals surface area contributed by atoms with Crippen LogP contribution in [0.4, 0.5) is 0 Å². The Morgan fingerprint density at radius 2 is 1.92 bits per heavy atom. The molecule has 4 nitrogen and oxygen atoms in total. The van der Waals surface area contributed by atoms with Gasteiger partial charge in [-0.25, -0.2) is 0 Å².